The van der Waals surface area contributed by atoms with Crippen molar-refractivity contribution >= 4 is 27.5 Å². The van der Waals surface area contributed by atoms with Gasteiger partial charge in [0.05, 0.1) is 10.5 Å². The minimum absolute atomic E-state index is 0.00225. The molecule has 0 aliphatic carbocycles. The van der Waals surface area contributed by atoms with Crippen LogP contribution >= 0.6 is 11.8 Å². The summed E-state index contributed by atoms with van der Waals surface area (Å²) in [5, 5.41) is 9.01. The monoisotopic (exact) mass is 297 g/mol. The van der Waals surface area contributed by atoms with Crippen LogP contribution in [0, 0.1) is 11.3 Å². The van der Waals surface area contributed by atoms with Gasteiger partial charge in [-0.1, -0.05) is 0 Å². The molecule has 1 heterocycles. The molecular weight excluding hydrogens is 282 g/mol. The van der Waals surface area contributed by atoms with Crippen molar-refractivity contribution in [2.24, 2.45) is 0 Å². The molecule has 0 spiro atoms. The highest BCUT2D eigenvalue weighted by Gasteiger charge is 2.24. The first-order valence-corrected chi connectivity index (χ1v) is 8.56. The summed E-state index contributed by atoms with van der Waals surface area (Å²) in [6, 6.07) is 6.09. The number of hydrogen-bond donors (Lipinski definition) is 2. The molecular formula is C12H15N3O2S2. The van der Waals surface area contributed by atoms with E-state index in [1.165, 1.54) is 18.2 Å². The molecule has 1 aromatic carbocycles. The Labute approximate surface area is 117 Å². The molecule has 0 radical (unpaired) electrons. The number of nitriles is 1. The van der Waals surface area contributed by atoms with E-state index in [1.807, 2.05) is 17.8 Å². The highest BCUT2D eigenvalue weighted by Crippen LogP contribution is 2.22. The van der Waals surface area contributed by atoms with Crippen LogP contribution in [0.1, 0.15) is 18.4 Å². The Morgan fingerprint density at radius 2 is 2.05 bits per heavy atom. The molecule has 0 bridgehead atoms. The summed E-state index contributed by atoms with van der Waals surface area (Å²) < 4.78 is 27.2. The predicted octanol–water partition coefficient (Wildman–Crippen LogP) is 1.31. The van der Waals surface area contributed by atoms with Crippen LogP contribution in [0.5, 0.6) is 0 Å². The van der Waals surface area contributed by atoms with Gasteiger partial charge in [-0.3, -0.25) is 0 Å². The molecule has 1 aromatic rings. The smallest absolute Gasteiger partial charge is 0.242 e. The Balaban J connectivity index is 2.26. The largest absolute Gasteiger partial charge is 0.399 e. The Hall–Kier alpha value is -1.23. The SMILES string of the molecule is N#Cc1cc(N)ccc1S(=O)(=O)NC1CCSCC1. The fourth-order valence-corrected chi connectivity index (χ4v) is 4.52. The second kappa shape index (κ2) is 5.82. The lowest BCUT2D eigenvalue weighted by Crippen LogP contribution is -2.37. The molecule has 2 rings (SSSR count). The van der Waals surface area contributed by atoms with Crippen molar-refractivity contribution in [2.45, 2.75) is 23.8 Å². The molecule has 0 aromatic heterocycles. The molecule has 0 atom stereocenters. The van der Waals surface area contributed by atoms with E-state index in [0.717, 1.165) is 24.3 Å². The fraction of sp³-hybridized carbons (Fsp3) is 0.417. The standard InChI is InChI=1S/C12H15N3O2S2/c13-8-9-7-10(14)1-2-12(9)19(16,17)15-11-3-5-18-6-4-11/h1-2,7,11,15H,3-6,14H2. The molecule has 102 valence electrons. The quantitative estimate of drug-likeness (QED) is 0.820. The molecule has 1 aliphatic rings. The van der Waals surface area contributed by atoms with Gasteiger partial charge >= 0.3 is 0 Å². The van der Waals surface area contributed by atoms with Crippen molar-refractivity contribution in [1.29, 1.82) is 5.26 Å². The fourth-order valence-electron chi connectivity index (χ4n) is 1.97. The molecule has 1 fully saturated rings. The van der Waals surface area contributed by atoms with Gasteiger partial charge in [0.2, 0.25) is 10.0 Å². The minimum atomic E-state index is -3.66. The van der Waals surface area contributed by atoms with E-state index in [9.17, 15) is 8.42 Å². The Morgan fingerprint density at radius 3 is 2.68 bits per heavy atom. The molecule has 1 aliphatic heterocycles. The molecule has 19 heavy (non-hydrogen) atoms. The number of nitrogens with one attached hydrogen (secondary N) is 1. The van der Waals surface area contributed by atoms with Crippen molar-refractivity contribution in [2.75, 3.05) is 17.2 Å². The van der Waals surface area contributed by atoms with E-state index in [2.05, 4.69) is 4.72 Å². The number of hydrogen-bond acceptors (Lipinski definition) is 5. The zero-order valence-electron chi connectivity index (χ0n) is 10.3. The number of benzene rings is 1. The third-order valence-corrected chi connectivity index (χ3v) is 5.58. The van der Waals surface area contributed by atoms with Gasteiger partial charge in [0.1, 0.15) is 6.07 Å². The number of nitrogens with two attached hydrogens (primary N) is 1. The number of nitrogen functional groups attached to an aromatic ring is 1. The summed E-state index contributed by atoms with van der Waals surface area (Å²) >= 11 is 1.83. The summed E-state index contributed by atoms with van der Waals surface area (Å²) in [6.07, 6.45) is 1.64. The average Bonchev–Trinajstić information content (AvgIpc) is 2.38. The van der Waals surface area contributed by atoms with Gasteiger partial charge in [-0.05, 0) is 42.5 Å². The van der Waals surface area contributed by atoms with Gasteiger partial charge in [-0.15, -0.1) is 0 Å². The first-order valence-electron chi connectivity index (χ1n) is 5.92. The number of nitrogens with zero attached hydrogens (tertiary/aromatic N) is 1. The van der Waals surface area contributed by atoms with E-state index in [-0.39, 0.29) is 16.5 Å². The van der Waals surface area contributed by atoms with Crippen LogP contribution in [0.15, 0.2) is 23.1 Å². The van der Waals surface area contributed by atoms with Crippen molar-refractivity contribution in [3.63, 3.8) is 0 Å². The van der Waals surface area contributed by atoms with E-state index in [4.69, 9.17) is 11.0 Å². The van der Waals surface area contributed by atoms with E-state index in [0.29, 0.717) is 5.69 Å². The summed E-state index contributed by atoms with van der Waals surface area (Å²) in [7, 11) is -3.66. The lowest BCUT2D eigenvalue weighted by Gasteiger charge is -2.22. The maximum atomic E-state index is 12.3. The molecule has 1 saturated heterocycles. The van der Waals surface area contributed by atoms with Crippen molar-refractivity contribution in [1.82, 2.24) is 4.72 Å². The van der Waals surface area contributed by atoms with Gasteiger partial charge in [0.25, 0.3) is 0 Å². The first-order chi connectivity index (χ1) is 9.03. The van der Waals surface area contributed by atoms with Gasteiger partial charge in [-0.2, -0.15) is 17.0 Å². The first kappa shape index (κ1) is 14.2. The molecule has 7 heteroatoms. The lowest BCUT2D eigenvalue weighted by atomic mass is 10.2. The maximum absolute atomic E-state index is 12.3. The molecule has 3 N–H and O–H groups in total. The van der Waals surface area contributed by atoms with Gasteiger partial charge in [0, 0.05) is 11.7 Å². The van der Waals surface area contributed by atoms with Crippen LogP contribution in [0.25, 0.3) is 0 Å². The number of anilines is 1. The lowest BCUT2D eigenvalue weighted by molar-refractivity contribution is 0.528. The minimum Gasteiger partial charge on any atom is -0.399 e. The Bertz CT molecular complexity index is 602. The zero-order valence-corrected chi connectivity index (χ0v) is 11.9. The molecule has 0 saturated carbocycles. The number of thioether (sulfide) groups is 1. The molecule has 0 unspecified atom stereocenters. The topological polar surface area (TPSA) is 96.0 Å². The van der Waals surface area contributed by atoms with Crippen LogP contribution in [0.4, 0.5) is 5.69 Å². The summed E-state index contributed by atoms with van der Waals surface area (Å²) in [6.45, 7) is 0. The molecule has 0 amide bonds. The van der Waals surface area contributed by atoms with Gasteiger partial charge < -0.3 is 5.73 Å². The maximum Gasteiger partial charge on any atom is 0.242 e. The van der Waals surface area contributed by atoms with Crippen LogP contribution in [0.2, 0.25) is 0 Å². The van der Waals surface area contributed by atoms with E-state index in [1.54, 1.807) is 0 Å². The van der Waals surface area contributed by atoms with Crippen LogP contribution in [0.3, 0.4) is 0 Å². The summed E-state index contributed by atoms with van der Waals surface area (Å²) in [5.41, 5.74) is 6.02. The predicted molar refractivity (Wildman–Crippen MR) is 76.2 cm³/mol. The summed E-state index contributed by atoms with van der Waals surface area (Å²) in [5.74, 6) is 1.92. The van der Waals surface area contributed by atoms with E-state index >= 15 is 0 Å². The van der Waals surface area contributed by atoms with Crippen LogP contribution in [-0.2, 0) is 10.0 Å². The zero-order chi connectivity index (χ0) is 13.9. The number of rotatable bonds is 3. The normalized spacial score (nSPS) is 17.0. The van der Waals surface area contributed by atoms with Crippen molar-refractivity contribution < 1.29 is 8.42 Å². The Kier molecular flexibility index (Phi) is 4.34. The third-order valence-electron chi connectivity index (χ3n) is 2.96. The number of sulfonamides is 1. The van der Waals surface area contributed by atoms with Crippen LogP contribution < -0.4 is 10.5 Å². The summed E-state index contributed by atoms with van der Waals surface area (Å²) in [4.78, 5) is 0.00225. The van der Waals surface area contributed by atoms with Crippen LogP contribution in [-0.4, -0.2) is 26.0 Å². The van der Waals surface area contributed by atoms with E-state index < -0.39 is 10.0 Å². The van der Waals surface area contributed by atoms with Crippen molar-refractivity contribution in [3.05, 3.63) is 23.8 Å². The second-order valence-electron chi connectivity index (χ2n) is 4.38. The van der Waals surface area contributed by atoms with Crippen molar-refractivity contribution in [3.8, 4) is 6.07 Å². The third kappa shape index (κ3) is 3.41. The van der Waals surface area contributed by atoms with Gasteiger partial charge in [-0.25, -0.2) is 13.1 Å². The highest BCUT2D eigenvalue weighted by atomic mass is 32.2. The molecule has 5 nitrogen and oxygen atoms in total. The second-order valence-corrected chi connectivity index (χ2v) is 7.28. The van der Waals surface area contributed by atoms with Gasteiger partial charge in [0.15, 0.2) is 0 Å². The Morgan fingerprint density at radius 1 is 1.37 bits per heavy atom. The average molecular weight is 297 g/mol. The highest BCUT2D eigenvalue weighted by molar-refractivity contribution is 7.99.